The van der Waals surface area contributed by atoms with Crippen molar-refractivity contribution in [1.29, 1.82) is 0 Å². The Morgan fingerprint density at radius 1 is 1.38 bits per heavy atom. The van der Waals surface area contributed by atoms with Gasteiger partial charge in [-0.1, -0.05) is 13.3 Å². The lowest BCUT2D eigenvalue weighted by Gasteiger charge is -2.43. The van der Waals surface area contributed by atoms with E-state index < -0.39 is 10.0 Å². The first-order valence-corrected chi connectivity index (χ1v) is 10.2. The first-order chi connectivity index (χ1) is 10.1. The van der Waals surface area contributed by atoms with Crippen molar-refractivity contribution in [2.75, 3.05) is 25.4 Å². The molecule has 0 aliphatic carbocycles. The minimum atomic E-state index is -3.08. The molecule has 1 aromatic heterocycles. The number of ether oxygens (including phenoxy) is 1. The molecule has 4 nitrogen and oxygen atoms in total. The number of unbranched alkanes of at least 4 members (excludes halogenated alkanes) is 1. The molecule has 0 radical (unpaired) electrons. The van der Waals surface area contributed by atoms with Crippen molar-refractivity contribution in [2.24, 2.45) is 0 Å². The summed E-state index contributed by atoms with van der Waals surface area (Å²) in [5, 5.41) is 2.13. The zero-order chi connectivity index (χ0) is 14.9. The summed E-state index contributed by atoms with van der Waals surface area (Å²) < 4.78 is 32.4. The van der Waals surface area contributed by atoms with Gasteiger partial charge in [-0.25, -0.2) is 12.7 Å². The second-order valence-corrected chi connectivity index (χ2v) is 9.01. The molecule has 0 saturated carbocycles. The monoisotopic (exact) mass is 329 g/mol. The van der Waals surface area contributed by atoms with Crippen LogP contribution in [0.15, 0.2) is 11.4 Å². The van der Waals surface area contributed by atoms with Gasteiger partial charge in [-0.15, -0.1) is 11.3 Å². The fourth-order valence-electron chi connectivity index (χ4n) is 3.35. The Hall–Kier alpha value is -0.430. The molecule has 3 rings (SSSR count). The van der Waals surface area contributed by atoms with Crippen molar-refractivity contribution in [3.63, 3.8) is 0 Å². The summed E-state index contributed by atoms with van der Waals surface area (Å²) in [5.74, 6) is 0.279. The van der Waals surface area contributed by atoms with Crippen LogP contribution < -0.4 is 0 Å². The highest BCUT2D eigenvalue weighted by molar-refractivity contribution is 7.89. The molecule has 2 aliphatic rings. The van der Waals surface area contributed by atoms with Crippen LogP contribution in [0.25, 0.3) is 0 Å². The van der Waals surface area contributed by atoms with E-state index in [2.05, 4.69) is 11.4 Å². The maximum Gasteiger partial charge on any atom is 0.214 e. The Morgan fingerprint density at radius 3 is 2.86 bits per heavy atom. The molecule has 0 bridgehead atoms. The lowest BCUT2D eigenvalue weighted by molar-refractivity contribution is -0.0882. The zero-order valence-electron chi connectivity index (χ0n) is 12.5. The van der Waals surface area contributed by atoms with Crippen LogP contribution in [0.5, 0.6) is 0 Å². The Morgan fingerprint density at radius 2 is 2.14 bits per heavy atom. The van der Waals surface area contributed by atoms with Crippen molar-refractivity contribution in [3.05, 3.63) is 21.9 Å². The van der Waals surface area contributed by atoms with Gasteiger partial charge < -0.3 is 4.74 Å². The van der Waals surface area contributed by atoms with Gasteiger partial charge >= 0.3 is 0 Å². The highest BCUT2D eigenvalue weighted by atomic mass is 32.2. The van der Waals surface area contributed by atoms with Crippen molar-refractivity contribution < 1.29 is 13.2 Å². The molecule has 0 unspecified atom stereocenters. The van der Waals surface area contributed by atoms with E-state index in [4.69, 9.17) is 4.74 Å². The highest BCUT2D eigenvalue weighted by Crippen LogP contribution is 2.43. The van der Waals surface area contributed by atoms with E-state index in [9.17, 15) is 8.42 Å². The van der Waals surface area contributed by atoms with Crippen LogP contribution in [0.4, 0.5) is 0 Å². The number of nitrogens with zero attached hydrogens (tertiary/aromatic N) is 1. The van der Waals surface area contributed by atoms with Crippen molar-refractivity contribution in [1.82, 2.24) is 4.31 Å². The summed E-state index contributed by atoms with van der Waals surface area (Å²) in [6.45, 7) is 3.95. The minimum Gasteiger partial charge on any atom is -0.370 e. The standard InChI is InChI=1S/C15H23NO3S2/c1-2-3-12-21(17,18)16-8-6-15(7-9-16)13-5-11-20-14(13)4-10-19-15/h5,11H,2-4,6-10,12H2,1H3. The van der Waals surface area contributed by atoms with Crippen LogP contribution >= 0.6 is 11.3 Å². The number of thiophene rings is 1. The number of hydrogen-bond donors (Lipinski definition) is 0. The molecule has 21 heavy (non-hydrogen) atoms. The van der Waals surface area contributed by atoms with E-state index in [0.29, 0.717) is 13.1 Å². The smallest absolute Gasteiger partial charge is 0.214 e. The van der Waals surface area contributed by atoms with Gasteiger partial charge in [0.25, 0.3) is 0 Å². The molecular formula is C15H23NO3S2. The van der Waals surface area contributed by atoms with E-state index in [0.717, 1.165) is 38.7 Å². The normalized spacial score (nSPS) is 22.3. The molecule has 6 heteroatoms. The Balaban J connectivity index is 1.72. The van der Waals surface area contributed by atoms with E-state index in [1.165, 1.54) is 10.4 Å². The molecule has 3 heterocycles. The van der Waals surface area contributed by atoms with Crippen molar-refractivity contribution in [3.8, 4) is 0 Å². The molecular weight excluding hydrogens is 306 g/mol. The zero-order valence-corrected chi connectivity index (χ0v) is 14.1. The van der Waals surface area contributed by atoms with Crippen LogP contribution in [0.1, 0.15) is 43.0 Å². The molecule has 1 aromatic rings. The Bertz CT molecular complexity index is 586. The quantitative estimate of drug-likeness (QED) is 0.853. The third-order valence-electron chi connectivity index (χ3n) is 4.62. The van der Waals surface area contributed by atoms with Crippen LogP contribution in [0, 0.1) is 0 Å². The first kappa shape index (κ1) is 15.5. The van der Waals surface area contributed by atoms with Gasteiger partial charge in [0.1, 0.15) is 0 Å². The molecule has 1 spiro atoms. The van der Waals surface area contributed by atoms with E-state index in [1.807, 2.05) is 6.92 Å². The second kappa shape index (κ2) is 5.99. The fourth-order valence-corrected chi connectivity index (χ4v) is 5.95. The summed E-state index contributed by atoms with van der Waals surface area (Å²) in [7, 11) is -3.08. The molecule has 0 amide bonds. The number of sulfonamides is 1. The van der Waals surface area contributed by atoms with Crippen LogP contribution in [-0.4, -0.2) is 38.2 Å². The third kappa shape index (κ3) is 2.91. The van der Waals surface area contributed by atoms with Crippen LogP contribution in [0.2, 0.25) is 0 Å². The van der Waals surface area contributed by atoms with E-state index in [-0.39, 0.29) is 11.4 Å². The topological polar surface area (TPSA) is 46.6 Å². The lowest BCUT2D eigenvalue weighted by atomic mass is 9.83. The molecule has 0 N–H and O–H groups in total. The van der Waals surface area contributed by atoms with Gasteiger partial charge in [0.15, 0.2) is 0 Å². The van der Waals surface area contributed by atoms with Crippen molar-refractivity contribution >= 4 is 21.4 Å². The predicted molar refractivity (Wildman–Crippen MR) is 85.2 cm³/mol. The van der Waals surface area contributed by atoms with Gasteiger partial charge in [0.05, 0.1) is 18.0 Å². The highest BCUT2D eigenvalue weighted by Gasteiger charge is 2.43. The number of piperidine rings is 1. The maximum absolute atomic E-state index is 12.3. The largest absolute Gasteiger partial charge is 0.370 e. The lowest BCUT2D eigenvalue weighted by Crippen LogP contribution is -2.48. The minimum absolute atomic E-state index is 0.232. The number of hydrogen-bond acceptors (Lipinski definition) is 4. The summed E-state index contributed by atoms with van der Waals surface area (Å²) in [6, 6.07) is 2.17. The van der Waals surface area contributed by atoms with Gasteiger partial charge in [-0.2, -0.15) is 0 Å². The average Bonchev–Trinajstić information content (AvgIpc) is 2.96. The third-order valence-corrected chi connectivity index (χ3v) is 7.56. The average molecular weight is 329 g/mol. The molecule has 1 fully saturated rings. The maximum atomic E-state index is 12.3. The van der Waals surface area contributed by atoms with Gasteiger partial charge in [0.2, 0.25) is 10.0 Å². The molecule has 0 atom stereocenters. The van der Waals surface area contributed by atoms with Gasteiger partial charge in [0, 0.05) is 24.4 Å². The number of rotatable bonds is 4. The SMILES string of the molecule is CCCCS(=O)(=O)N1CCC2(CC1)OCCc1sccc12. The summed E-state index contributed by atoms with van der Waals surface area (Å²) in [4.78, 5) is 1.42. The molecule has 1 saturated heterocycles. The fraction of sp³-hybridized carbons (Fsp3) is 0.733. The summed E-state index contributed by atoms with van der Waals surface area (Å²) >= 11 is 1.80. The van der Waals surface area contributed by atoms with Crippen molar-refractivity contribution in [2.45, 2.75) is 44.6 Å². The predicted octanol–water partition coefficient (Wildman–Crippen LogP) is 2.74. The number of fused-ring (bicyclic) bond motifs is 2. The van der Waals surface area contributed by atoms with E-state index >= 15 is 0 Å². The van der Waals surface area contributed by atoms with Crippen LogP contribution in [-0.2, 0) is 26.8 Å². The Kier molecular flexibility index (Phi) is 4.41. The summed E-state index contributed by atoms with van der Waals surface area (Å²) in [5.41, 5.74) is 1.08. The van der Waals surface area contributed by atoms with Gasteiger partial charge in [-0.05, 0) is 36.3 Å². The molecule has 2 aliphatic heterocycles. The first-order valence-electron chi connectivity index (χ1n) is 7.76. The molecule has 0 aromatic carbocycles. The van der Waals surface area contributed by atoms with Crippen LogP contribution in [0.3, 0.4) is 0 Å². The summed E-state index contributed by atoms with van der Waals surface area (Å²) in [6.07, 6.45) is 4.21. The second-order valence-electron chi connectivity index (χ2n) is 5.92. The Labute approximate surface area is 131 Å². The van der Waals surface area contributed by atoms with Gasteiger partial charge in [-0.3, -0.25) is 0 Å². The van der Waals surface area contributed by atoms with E-state index in [1.54, 1.807) is 15.6 Å². The molecule has 118 valence electrons.